The quantitative estimate of drug-likeness (QED) is 0.499. The maximum absolute atomic E-state index is 12.0. The first-order valence-electron chi connectivity index (χ1n) is 7.52. The van der Waals surface area contributed by atoms with Gasteiger partial charge in [-0.15, -0.1) is 0 Å². The largest absolute Gasteiger partial charge is 0.458 e. The van der Waals surface area contributed by atoms with Crippen LogP contribution in [0.15, 0.2) is 0 Å². The molecule has 20 heavy (non-hydrogen) atoms. The van der Waals surface area contributed by atoms with E-state index in [9.17, 15) is 9.59 Å². The Labute approximate surface area is 119 Å². The average Bonchev–Trinajstić information content (AvgIpc) is 2.66. The molecule has 3 fully saturated rings. The number of nitrogens with one attached hydrogen (secondary N) is 1. The summed E-state index contributed by atoms with van der Waals surface area (Å²) in [7, 11) is 0. The molecule has 0 heterocycles. The lowest BCUT2D eigenvalue weighted by Gasteiger charge is -2.45. The Balaban J connectivity index is 1.70. The number of hydrogen-bond donors (Lipinski definition) is 3. The second-order valence-corrected chi connectivity index (χ2v) is 6.16. The number of hydrogen-bond acceptors (Lipinski definition) is 4. The molecule has 0 aliphatic heterocycles. The predicted octanol–water partition coefficient (Wildman–Crippen LogP) is 1.03. The lowest BCUT2D eigenvalue weighted by Crippen LogP contribution is -2.49. The molecule has 0 saturated heterocycles. The Morgan fingerprint density at radius 1 is 1.35 bits per heavy atom. The van der Waals surface area contributed by atoms with E-state index in [1.807, 2.05) is 0 Å². The zero-order valence-corrected chi connectivity index (χ0v) is 11.9. The molecule has 2 bridgehead atoms. The van der Waals surface area contributed by atoms with Crippen molar-refractivity contribution in [3.05, 3.63) is 0 Å². The van der Waals surface area contributed by atoms with Gasteiger partial charge in [-0.05, 0) is 44.4 Å². The van der Waals surface area contributed by atoms with Crippen LogP contribution in [0.1, 0.15) is 51.4 Å². The average molecular weight is 283 g/mol. The molecular weight excluding hydrogens is 258 g/mol. The molecule has 6 nitrogen and oxygen atoms in total. The van der Waals surface area contributed by atoms with Gasteiger partial charge >= 0.3 is 12.0 Å². The van der Waals surface area contributed by atoms with Gasteiger partial charge in [-0.2, -0.15) is 0 Å². The Hall–Kier alpha value is -1.30. The van der Waals surface area contributed by atoms with E-state index in [0.29, 0.717) is 19.4 Å². The molecule has 0 radical (unpaired) electrons. The molecular formula is C14H25N3O3. The van der Waals surface area contributed by atoms with E-state index >= 15 is 0 Å². The molecule has 0 aromatic rings. The highest BCUT2D eigenvalue weighted by molar-refractivity contribution is 5.76. The summed E-state index contributed by atoms with van der Waals surface area (Å²) in [5.74, 6) is 0.436. The zero-order valence-electron chi connectivity index (χ0n) is 11.9. The van der Waals surface area contributed by atoms with Gasteiger partial charge in [-0.25, -0.2) is 4.79 Å². The summed E-state index contributed by atoms with van der Waals surface area (Å²) in [4.78, 5) is 22.5. The van der Waals surface area contributed by atoms with Crippen LogP contribution >= 0.6 is 0 Å². The molecule has 114 valence electrons. The van der Waals surface area contributed by atoms with Crippen LogP contribution in [0.5, 0.6) is 0 Å². The van der Waals surface area contributed by atoms with Crippen molar-refractivity contribution in [3.63, 3.8) is 0 Å². The normalized spacial score (nSPS) is 29.8. The minimum atomic E-state index is -0.610. The highest BCUT2D eigenvalue weighted by atomic mass is 16.6. The van der Waals surface area contributed by atoms with E-state index in [4.69, 9.17) is 16.2 Å². The number of urea groups is 1. The number of primary amides is 1. The van der Waals surface area contributed by atoms with Crippen LogP contribution in [0, 0.1) is 5.92 Å². The highest BCUT2D eigenvalue weighted by Gasteiger charge is 2.48. The number of carbonyl (C=O) groups is 2. The van der Waals surface area contributed by atoms with E-state index in [1.54, 1.807) is 0 Å². The molecule has 0 spiro atoms. The van der Waals surface area contributed by atoms with Gasteiger partial charge in [0.2, 0.25) is 0 Å². The van der Waals surface area contributed by atoms with Gasteiger partial charge in [0.25, 0.3) is 0 Å². The number of fused-ring (bicyclic) bond motifs is 3. The third kappa shape index (κ3) is 3.85. The van der Waals surface area contributed by atoms with Gasteiger partial charge in [-0.3, -0.25) is 4.79 Å². The number of esters is 1. The van der Waals surface area contributed by atoms with Crippen molar-refractivity contribution in [3.8, 4) is 0 Å². The van der Waals surface area contributed by atoms with Crippen LogP contribution in [-0.4, -0.2) is 30.2 Å². The molecule has 5 N–H and O–H groups in total. The summed E-state index contributed by atoms with van der Waals surface area (Å²) in [6.45, 7) is 0.434. The molecule has 1 atom stereocenters. The van der Waals surface area contributed by atoms with Crippen molar-refractivity contribution in [1.29, 1.82) is 0 Å². The summed E-state index contributed by atoms with van der Waals surface area (Å²) in [5.41, 5.74) is 10.6. The summed E-state index contributed by atoms with van der Waals surface area (Å²) in [5, 5.41) is 2.48. The first-order valence-corrected chi connectivity index (χ1v) is 7.52. The van der Waals surface area contributed by atoms with Gasteiger partial charge in [0.1, 0.15) is 11.6 Å². The number of ether oxygens (including phenoxy) is 1. The third-order valence-electron chi connectivity index (χ3n) is 4.43. The van der Waals surface area contributed by atoms with Crippen molar-refractivity contribution in [2.45, 2.75) is 63.0 Å². The van der Waals surface area contributed by atoms with Crippen molar-refractivity contribution < 1.29 is 14.3 Å². The number of carbonyl (C=O) groups excluding carboxylic acids is 2. The standard InChI is InChI=1S/C14H25N3O3/c15-11(5-3-7-17-13(16)19)12(18)20-14-6-2-1-4-10(8-14)9-14/h10-11H,1-9,15H2,(H3,16,17,19)/t10?,11-,14?/m0/s1. The molecule has 3 aliphatic rings. The highest BCUT2D eigenvalue weighted by Crippen LogP contribution is 2.49. The van der Waals surface area contributed by atoms with Gasteiger partial charge < -0.3 is 21.5 Å². The Kier molecular flexibility index (Phi) is 4.86. The number of amides is 2. The van der Waals surface area contributed by atoms with Crippen LogP contribution < -0.4 is 16.8 Å². The summed E-state index contributed by atoms with van der Waals surface area (Å²) in [6, 6.07) is -1.17. The second kappa shape index (κ2) is 6.43. The molecule has 3 aliphatic carbocycles. The van der Waals surface area contributed by atoms with Crippen molar-refractivity contribution >= 4 is 12.0 Å². The van der Waals surface area contributed by atoms with Crippen LogP contribution in [0.25, 0.3) is 0 Å². The summed E-state index contributed by atoms with van der Waals surface area (Å²) in [6.07, 6.45) is 7.77. The Morgan fingerprint density at radius 3 is 2.80 bits per heavy atom. The number of nitrogens with two attached hydrogens (primary N) is 2. The smallest absolute Gasteiger partial charge is 0.323 e. The minimum absolute atomic E-state index is 0.221. The van der Waals surface area contributed by atoms with Crippen LogP contribution in [0.2, 0.25) is 0 Å². The maximum atomic E-state index is 12.0. The number of rotatable bonds is 6. The summed E-state index contributed by atoms with van der Waals surface area (Å²) < 4.78 is 5.69. The first-order chi connectivity index (χ1) is 9.51. The van der Waals surface area contributed by atoms with Crippen LogP contribution in [0.4, 0.5) is 4.79 Å². The van der Waals surface area contributed by atoms with E-state index in [2.05, 4.69) is 5.32 Å². The SMILES string of the molecule is NC(=O)NCCC[C@H](N)C(=O)OC12CCCCC(C1)C2. The van der Waals surface area contributed by atoms with Crippen LogP contribution in [0.3, 0.4) is 0 Å². The predicted molar refractivity (Wildman–Crippen MR) is 74.8 cm³/mol. The van der Waals surface area contributed by atoms with Crippen LogP contribution in [-0.2, 0) is 9.53 Å². The first kappa shape index (κ1) is 15.1. The van der Waals surface area contributed by atoms with Crippen molar-refractivity contribution in [1.82, 2.24) is 5.32 Å². The minimum Gasteiger partial charge on any atom is -0.458 e. The molecule has 3 saturated carbocycles. The fourth-order valence-corrected chi connectivity index (χ4v) is 3.36. The third-order valence-corrected chi connectivity index (χ3v) is 4.43. The topological polar surface area (TPSA) is 107 Å². The van der Waals surface area contributed by atoms with E-state index in [0.717, 1.165) is 31.6 Å². The van der Waals surface area contributed by atoms with Gasteiger partial charge in [-0.1, -0.05) is 12.8 Å². The monoisotopic (exact) mass is 283 g/mol. The van der Waals surface area contributed by atoms with E-state index in [1.165, 1.54) is 12.8 Å². The van der Waals surface area contributed by atoms with Crippen molar-refractivity contribution in [2.24, 2.45) is 17.4 Å². The Bertz CT molecular complexity index is 361. The van der Waals surface area contributed by atoms with Gasteiger partial charge in [0.05, 0.1) is 0 Å². The maximum Gasteiger partial charge on any atom is 0.323 e. The van der Waals surface area contributed by atoms with Gasteiger partial charge in [0, 0.05) is 6.54 Å². The van der Waals surface area contributed by atoms with E-state index < -0.39 is 12.1 Å². The molecule has 3 rings (SSSR count). The van der Waals surface area contributed by atoms with Gasteiger partial charge in [0.15, 0.2) is 0 Å². The molecule has 6 heteroatoms. The fourth-order valence-electron chi connectivity index (χ4n) is 3.36. The fraction of sp³-hybridized carbons (Fsp3) is 0.857. The zero-order chi connectivity index (χ0) is 14.6. The summed E-state index contributed by atoms with van der Waals surface area (Å²) >= 11 is 0. The second-order valence-electron chi connectivity index (χ2n) is 6.16. The Morgan fingerprint density at radius 2 is 2.10 bits per heavy atom. The molecule has 0 aromatic heterocycles. The molecule has 2 amide bonds. The lowest BCUT2D eigenvalue weighted by molar-refractivity contribution is -0.177. The van der Waals surface area contributed by atoms with Crippen molar-refractivity contribution in [2.75, 3.05) is 6.54 Å². The van der Waals surface area contributed by atoms with E-state index in [-0.39, 0.29) is 11.6 Å². The lowest BCUT2D eigenvalue weighted by atomic mass is 9.70. The molecule has 0 aromatic carbocycles. The molecule has 0 unspecified atom stereocenters.